The van der Waals surface area contributed by atoms with Gasteiger partial charge in [-0.15, -0.1) is 0 Å². The molecule has 0 aliphatic heterocycles. The predicted molar refractivity (Wildman–Crippen MR) is 86.3 cm³/mol. The van der Waals surface area contributed by atoms with Gasteiger partial charge in [0.1, 0.15) is 0 Å². The minimum atomic E-state index is -0.919. The number of rotatable bonds is 6. The second-order valence-corrected chi connectivity index (χ2v) is 5.38. The zero-order chi connectivity index (χ0) is 16.8. The third-order valence-corrected chi connectivity index (χ3v) is 3.70. The standard InChI is InChI=1S/C18H20F2N2O/c1-12(14-7-8-16(19)17(20)11-14)22-18(23)15-6-4-3-5-13(15)9-10-21-2/h3-8,11-12,21H,9-10H2,1-2H3,(H,22,23). The van der Waals surface area contributed by atoms with Crippen molar-refractivity contribution in [3.63, 3.8) is 0 Å². The van der Waals surface area contributed by atoms with Crippen LogP contribution in [0.1, 0.15) is 34.5 Å². The maximum Gasteiger partial charge on any atom is 0.252 e. The maximum atomic E-state index is 13.3. The highest BCUT2D eigenvalue weighted by Gasteiger charge is 2.15. The number of carbonyl (C=O) groups is 1. The van der Waals surface area contributed by atoms with Crippen molar-refractivity contribution in [2.75, 3.05) is 13.6 Å². The first-order chi connectivity index (χ1) is 11.0. The fourth-order valence-electron chi connectivity index (χ4n) is 2.36. The van der Waals surface area contributed by atoms with Crippen molar-refractivity contribution in [2.24, 2.45) is 0 Å². The fraction of sp³-hybridized carbons (Fsp3) is 0.278. The van der Waals surface area contributed by atoms with Crippen molar-refractivity contribution in [1.82, 2.24) is 10.6 Å². The molecule has 0 radical (unpaired) electrons. The summed E-state index contributed by atoms with van der Waals surface area (Å²) in [6, 6.07) is 10.6. The van der Waals surface area contributed by atoms with Crippen molar-refractivity contribution in [3.05, 3.63) is 70.8 Å². The summed E-state index contributed by atoms with van der Waals surface area (Å²) < 4.78 is 26.3. The Balaban J connectivity index is 2.13. The van der Waals surface area contributed by atoms with E-state index in [-0.39, 0.29) is 5.91 Å². The first kappa shape index (κ1) is 17.1. The molecule has 1 unspecified atom stereocenters. The summed E-state index contributed by atoms with van der Waals surface area (Å²) in [5.74, 6) is -2.04. The van der Waals surface area contributed by atoms with E-state index in [0.717, 1.165) is 30.7 Å². The molecule has 2 aromatic carbocycles. The fourth-order valence-corrected chi connectivity index (χ4v) is 2.36. The molecule has 0 spiro atoms. The summed E-state index contributed by atoms with van der Waals surface area (Å²) in [5, 5.41) is 5.88. The molecule has 2 aromatic rings. The van der Waals surface area contributed by atoms with Gasteiger partial charge in [0.25, 0.3) is 5.91 Å². The zero-order valence-corrected chi connectivity index (χ0v) is 13.2. The molecule has 0 aromatic heterocycles. The minimum absolute atomic E-state index is 0.228. The molecule has 0 fully saturated rings. The summed E-state index contributed by atoms with van der Waals surface area (Å²) in [6.45, 7) is 2.50. The average molecular weight is 318 g/mol. The highest BCUT2D eigenvalue weighted by atomic mass is 19.2. The van der Waals surface area contributed by atoms with Gasteiger partial charge in [0.2, 0.25) is 0 Å². The summed E-state index contributed by atoms with van der Waals surface area (Å²) in [4.78, 5) is 12.5. The van der Waals surface area contributed by atoms with Crippen LogP contribution in [0.25, 0.3) is 0 Å². The normalized spacial score (nSPS) is 12.0. The van der Waals surface area contributed by atoms with Crippen LogP contribution in [0.3, 0.4) is 0 Å². The van der Waals surface area contributed by atoms with Gasteiger partial charge in [-0.25, -0.2) is 8.78 Å². The number of halogens is 2. The molecule has 3 nitrogen and oxygen atoms in total. The van der Waals surface area contributed by atoms with Crippen LogP contribution in [0.4, 0.5) is 8.78 Å². The highest BCUT2D eigenvalue weighted by Crippen LogP contribution is 2.17. The number of hydrogen-bond acceptors (Lipinski definition) is 2. The Morgan fingerprint density at radius 1 is 1.13 bits per heavy atom. The van der Waals surface area contributed by atoms with E-state index >= 15 is 0 Å². The number of amides is 1. The molecule has 2 rings (SSSR count). The van der Waals surface area contributed by atoms with Crippen molar-refractivity contribution < 1.29 is 13.6 Å². The summed E-state index contributed by atoms with van der Waals surface area (Å²) >= 11 is 0. The Bertz CT molecular complexity index is 688. The Morgan fingerprint density at radius 3 is 2.57 bits per heavy atom. The maximum absolute atomic E-state index is 13.3. The Hall–Kier alpha value is -2.27. The summed E-state index contributed by atoms with van der Waals surface area (Å²) in [6.07, 6.45) is 0.736. The molecular formula is C18H20F2N2O. The van der Waals surface area contributed by atoms with Crippen LogP contribution < -0.4 is 10.6 Å². The van der Waals surface area contributed by atoms with Crippen LogP contribution in [0.15, 0.2) is 42.5 Å². The van der Waals surface area contributed by atoms with Crippen LogP contribution in [0.2, 0.25) is 0 Å². The van der Waals surface area contributed by atoms with Gasteiger partial charge in [-0.05, 0) is 56.3 Å². The monoisotopic (exact) mass is 318 g/mol. The van der Waals surface area contributed by atoms with Gasteiger partial charge in [0.15, 0.2) is 11.6 Å². The number of hydrogen-bond donors (Lipinski definition) is 2. The molecule has 23 heavy (non-hydrogen) atoms. The number of carbonyl (C=O) groups excluding carboxylic acids is 1. The first-order valence-corrected chi connectivity index (χ1v) is 7.51. The summed E-state index contributed by atoms with van der Waals surface area (Å²) in [5.41, 5.74) is 2.05. The first-order valence-electron chi connectivity index (χ1n) is 7.51. The van der Waals surface area contributed by atoms with Gasteiger partial charge < -0.3 is 10.6 Å². The van der Waals surface area contributed by atoms with Crippen LogP contribution in [0.5, 0.6) is 0 Å². The number of benzene rings is 2. The van der Waals surface area contributed by atoms with Crippen LogP contribution in [0, 0.1) is 11.6 Å². The lowest BCUT2D eigenvalue weighted by Gasteiger charge is -2.16. The van der Waals surface area contributed by atoms with E-state index in [1.54, 1.807) is 19.1 Å². The number of nitrogens with one attached hydrogen (secondary N) is 2. The minimum Gasteiger partial charge on any atom is -0.346 e. The van der Waals surface area contributed by atoms with E-state index in [4.69, 9.17) is 0 Å². The molecule has 1 amide bonds. The van der Waals surface area contributed by atoms with Crippen LogP contribution in [-0.4, -0.2) is 19.5 Å². The lowest BCUT2D eigenvalue weighted by Crippen LogP contribution is -2.28. The van der Waals surface area contributed by atoms with E-state index < -0.39 is 17.7 Å². The van der Waals surface area contributed by atoms with Crippen LogP contribution in [-0.2, 0) is 6.42 Å². The van der Waals surface area contributed by atoms with Gasteiger partial charge in [-0.2, -0.15) is 0 Å². The molecule has 0 bridgehead atoms. The van der Waals surface area contributed by atoms with Gasteiger partial charge in [-0.3, -0.25) is 4.79 Å². The van der Waals surface area contributed by atoms with E-state index in [1.807, 2.05) is 19.2 Å². The number of likely N-dealkylation sites (N-methyl/N-ethyl adjacent to an activating group) is 1. The molecule has 2 N–H and O–H groups in total. The molecule has 122 valence electrons. The molecule has 0 saturated heterocycles. The predicted octanol–water partition coefficient (Wildman–Crippen LogP) is 3.22. The van der Waals surface area contributed by atoms with Crippen molar-refractivity contribution in [1.29, 1.82) is 0 Å². The molecule has 5 heteroatoms. The van der Waals surface area contributed by atoms with E-state index in [9.17, 15) is 13.6 Å². The summed E-state index contributed by atoms with van der Waals surface area (Å²) in [7, 11) is 1.85. The highest BCUT2D eigenvalue weighted by molar-refractivity contribution is 5.95. The Kier molecular flexibility index (Phi) is 5.82. The van der Waals surface area contributed by atoms with E-state index in [0.29, 0.717) is 11.1 Å². The van der Waals surface area contributed by atoms with Crippen LogP contribution >= 0.6 is 0 Å². The third kappa shape index (κ3) is 4.36. The van der Waals surface area contributed by atoms with Crippen molar-refractivity contribution in [2.45, 2.75) is 19.4 Å². The van der Waals surface area contributed by atoms with E-state index in [2.05, 4.69) is 10.6 Å². The van der Waals surface area contributed by atoms with Crippen molar-refractivity contribution in [3.8, 4) is 0 Å². The van der Waals surface area contributed by atoms with E-state index in [1.165, 1.54) is 6.07 Å². The SMILES string of the molecule is CNCCc1ccccc1C(=O)NC(C)c1ccc(F)c(F)c1. The lowest BCUT2D eigenvalue weighted by atomic mass is 10.0. The average Bonchev–Trinajstić information content (AvgIpc) is 2.55. The molecule has 0 saturated carbocycles. The van der Waals surface area contributed by atoms with Gasteiger partial charge in [-0.1, -0.05) is 24.3 Å². The topological polar surface area (TPSA) is 41.1 Å². The largest absolute Gasteiger partial charge is 0.346 e. The Morgan fingerprint density at radius 2 is 1.87 bits per heavy atom. The van der Waals surface area contributed by atoms with Crippen molar-refractivity contribution >= 4 is 5.91 Å². The zero-order valence-electron chi connectivity index (χ0n) is 13.2. The quantitative estimate of drug-likeness (QED) is 0.859. The Labute approximate surface area is 134 Å². The lowest BCUT2D eigenvalue weighted by molar-refractivity contribution is 0.0939. The molecule has 0 heterocycles. The van der Waals surface area contributed by atoms with Gasteiger partial charge in [0, 0.05) is 5.56 Å². The van der Waals surface area contributed by atoms with Gasteiger partial charge >= 0.3 is 0 Å². The molecule has 1 atom stereocenters. The second kappa shape index (κ2) is 7.83. The molecule has 0 aliphatic rings. The smallest absolute Gasteiger partial charge is 0.252 e. The molecular weight excluding hydrogens is 298 g/mol. The molecule has 0 aliphatic carbocycles. The second-order valence-electron chi connectivity index (χ2n) is 5.38. The van der Waals surface area contributed by atoms with Gasteiger partial charge in [0.05, 0.1) is 6.04 Å². The third-order valence-electron chi connectivity index (χ3n) is 3.70.